The van der Waals surface area contributed by atoms with Gasteiger partial charge in [-0.1, -0.05) is 12.1 Å². The molecule has 0 spiro atoms. The highest BCUT2D eigenvalue weighted by Gasteiger charge is 2.27. The van der Waals surface area contributed by atoms with Gasteiger partial charge in [0.05, 0.1) is 19.3 Å². The van der Waals surface area contributed by atoms with Gasteiger partial charge in [0.2, 0.25) is 0 Å². The Kier molecular flexibility index (Phi) is 3.93. The molecule has 0 radical (unpaired) electrons. The van der Waals surface area contributed by atoms with Crippen molar-refractivity contribution in [3.05, 3.63) is 35.4 Å². The lowest BCUT2D eigenvalue weighted by Crippen LogP contribution is -2.47. The minimum Gasteiger partial charge on any atom is -0.376 e. The monoisotopic (exact) mass is 258 g/mol. The zero-order valence-electron chi connectivity index (χ0n) is 10.6. The van der Waals surface area contributed by atoms with E-state index in [1.165, 1.54) is 11.8 Å². The third-order valence-corrected chi connectivity index (χ3v) is 3.08. The van der Waals surface area contributed by atoms with Gasteiger partial charge in [0.25, 0.3) is 5.91 Å². The topological polar surface area (TPSA) is 70.4 Å². The van der Waals surface area contributed by atoms with Crippen molar-refractivity contribution < 1.29 is 14.3 Å². The van der Waals surface area contributed by atoms with Gasteiger partial charge in [0.1, 0.15) is 6.04 Å². The zero-order valence-corrected chi connectivity index (χ0v) is 10.6. The number of carbonyl (C=O) groups excluding carboxylic acids is 2. The van der Waals surface area contributed by atoms with Gasteiger partial charge in [0.15, 0.2) is 5.78 Å². The van der Waals surface area contributed by atoms with Crippen LogP contribution < -0.4 is 0 Å². The number of Topliss-reactive ketones (excluding diaryl/α,β-unsaturated/α-hetero) is 1. The first-order valence-electron chi connectivity index (χ1n) is 6.03. The summed E-state index contributed by atoms with van der Waals surface area (Å²) in [6.45, 7) is 2.57. The molecule has 0 bridgehead atoms. The molecule has 0 saturated carbocycles. The number of nitrogens with zero attached hydrogens (tertiary/aromatic N) is 2. The fraction of sp³-hybridized carbons (Fsp3) is 0.357. The van der Waals surface area contributed by atoms with E-state index in [-0.39, 0.29) is 18.3 Å². The summed E-state index contributed by atoms with van der Waals surface area (Å²) in [5, 5.41) is 9.01. The Morgan fingerprint density at radius 1 is 1.32 bits per heavy atom. The second kappa shape index (κ2) is 5.63. The molecule has 1 aliphatic rings. The summed E-state index contributed by atoms with van der Waals surface area (Å²) in [5.74, 6) is -0.245. The van der Waals surface area contributed by atoms with Gasteiger partial charge < -0.3 is 9.64 Å². The summed E-state index contributed by atoms with van der Waals surface area (Å²) in [5.41, 5.74) is 1.04. The second-order valence-electron chi connectivity index (χ2n) is 4.35. The van der Waals surface area contributed by atoms with Crippen molar-refractivity contribution in [2.75, 3.05) is 19.8 Å². The molecule has 0 aromatic heterocycles. The molecule has 1 aromatic rings. The number of hydrogen-bond donors (Lipinski definition) is 0. The number of nitriles is 1. The highest BCUT2D eigenvalue weighted by atomic mass is 16.5. The number of hydrogen-bond acceptors (Lipinski definition) is 4. The standard InChI is InChI=1S/C14H14N2O3/c1-10(17)11-2-4-12(5-3-11)14(18)16-6-7-19-9-13(16)8-15/h2-5,13H,6-7,9H2,1H3. The Morgan fingerprint density at radius 3 is 2.53 bits per heavy atom. The Bertz CT molecular complexity index is 531. The average molecular weight is 258 g/mol. The number of ketones is 1. The van der Waals surface area contributed by atoms with Gasteiger partial charge >= 0.3 is 0 Å². The summed E-state index contributed by atoms with van der Waals surface area (Å²) >= 11 is 0. The van der Waals surface area contributed by atoms with Crippen LogP contribution in [-0.2, 0) is 4.74 Å². The summed E-state index contributed by atoms with van der Waals surface area (Å²) in [6.07, 6.45) is 0. The Labute approximate surface area is 111 Å². The van der Waals surface area contributed by atoms with E-state index >= 15 is 0 Å². The number of rotatable bonds is 2. The van der Waals surface area contributed by atoms with Gasteiger partial charge in [-0.3, -0.25) is 9.59 Å². The fourth-order valence-electron chi connectivity index (χ4n) is 1.97. The third-order valence-electron chi connectivity index (χ3n) is 3.08. The SMILES string of the molecule is CC(=O)c1ccc(C(=O)N2CCOCC2C#N)cc1. The van der Waals surface area contributed by atoms with Crippen LogP contribution in [0, 0.1) is 11.3 Å². The Morgan fingerprint density at radius 2 is 1.95 bits per heavy atom. The number of carbonyl (C=O) groups is 2. The van der Waals surface area contributed by atoms with Crippen LogP contribution in [-0.4, -0.2) is 42.4 Å². The maximum Gasteiger partial charge on any atom is 0.255 e. The zero-order chi connectivity index (χ0) is 13.8. The van der Waals surface area contributed by atoms with E-state index in [0.717, 1.165) is 0 Å². The first-order chi connectivity index (χ1) is 9.13. The predicted molar refractivity (Wildman–Crippen MR) is 67.7 cm³/mol. The van der Waals surface area contributed by atoms with Crippen molar-refractivity contribution in [2.45, 2.75) is 13.0 Å². The van der Waals surface area contributed by atoms with Crippen molar-refractivity contribution in [3.63, 3.8) is 0 Å². The molecule has 5 heteroatoms. The summed E-state index contributed by atoms with van der Waals surface area (Å²) in [7, 11) is 0. The largest absolute Gasteiger partial charge is 0.376 e. The van der Waals surface area contributed by atoms with Crippen LogP contribution in [0.25, 0.3) is 0 Å². The first kappa shape index (κ1) is 13.2. The van der Waals surface area contributed by atoms with Crippen LogP contribution in [0.4, 0.5) is 0 Å². The van der Waals surface area contributed by atoms with Gasteiger partial charge in [-0.2, -0.15) is 5.26 Å². The first-order valence-corrected chi connectivity index (χ1v) is 6.03. The van der Waals surface area contributed by atoms with Crippen LogP contribution in [0.15, 0.2) is 24.3 Å². The predicted octanol–water partition coefficient (Wildman–Crippen LogP) is 1.25. The molecule has 0 aliphatic carbocycles. The smallest absolute Gasteiger partial charge is 0.255 e. The van der Waals surface area contributed by atoms with E-state index < -0.39 is 6.04 Å². The molecule has 0 N–H and O–H groups in total. The molecule has 1 atom stereocenters. The highest BCUT2D eigenvalue weighted by Crippen LogP contribution is 2.13. The maximum atomic E-state index is 12.3. The molecule has 5 nitrogen and oxygen atoms in total. The van der Waals surface area contributed by atoms with Crippen molar-refractivity contribution in [1.29, 1.82) is 5.26 Å². The molecular weight excluding hydrogens is 244 g/mol. The Balaban J connectivity index is 2.19. The Hall–Kier alpha value is -2.19. The number of ether oxygens (including phenoxy) is 1. The fourth-order valence-corrected chi connectivity index (χ4v) is 1.97. The van der Waals surface area contributed by atoms with Crippen LogP contribution in [0.3, 0.4) is 0 Å². The third kappa shape index (κ3) is 2.80. The number of morpholine rings is 1. The lowest BCUT2D eigenvalue weighted by Gasteiger charge is -2.31. The van der Waals surface area contributed by atoms with Crippen molar-refractivity contribution in [1.82, 2.24) is 4.90 Å². The van der Waals surface area contributed by atoms with Gasteiger partial charge in [-0.15, -0.1) is 0 Å². The summed E-state index contributed by atoms with van der Waals surface area (Å²) in [6, 6.07) is 7.99. The highest BCUT2D eigenvalue weighted by molar-refractivity contribution is 5.98. The van der Waals surface area contributed by atoms with Crippen LogP contribution in [0.5, 0.6) is 0 Å². The summed E-state index contributed by atoms with van der Waals surface area (Å²) < 4.78 is 5.18. The van der Waals surface area contributed by atoms with Crippen molar-refractivity contribution in [2.24, 2.45) is 0 Å². The lowest BCUT2D eigenvalue weighted by molar-refractivity contribution is 0.0132. The molecule has 1 aliphatic heterocycles. The number of amides is 1. The number of benzene rings is 1. The molecule has 1 unspecified atom stereocenters. The second-order valence-corrected chi connectivity index (χ2v) is 4.35. The lowest BCUT2D eigenvalue weighted by atomic mass is 10.1. The average Bonchev–Trinajstić information content (AvgIpc) is 2.46. The molecule has 1 fully saturated rings. The van der Waals surface area contributed by atoms with Crippen molar-refractivity contribution >= 4 is 11.7 Å². The normalized spacial score (nSPS) is 18.7. The quantitative estimate of drug-likeness (QED) is 0.749. The van der Waals surface area contributed by atoms with E-state index in [1.54, 1.807) is 24.3 Å². The van der Waals surface area contributed by atoms with E-state index in [0.29, 0.717) is 24.3 Å². The minimum atomic E-state index is -0.547. The minimum absolute atomic E-state index is 0.0414. The van der Waals surface area contributed by atoms with Crippen LogP contribution in [0.2, 0.25) is 0 Å². The van der Waals surface area contributed by atoms with Crippen molar-refractivity contribution in [3.8, 4) is 6.07 Å². The molecule has 98 valence electrons. The molecule has 2 rings (SSSR count). The van der Waals surface area contributed by atoms with Crippen LogP contribution in [0.1, 0.15) is 27.6 Å². The van der Waals surface area contributed by atoms with E-state index in [1.807, 2.05) is 0 Å². The van der Waals surface area contributed by atoms with Gasteiger partial charge in [0, 0.05) is 17.7 Å². The molecule has 19 heavy (non-hydrogen) atoms. The summed E-state index contributed by atoms with van der Waals surface area (Å²) in [4.78, 5) is 25.0. The molecule has 1 aromatic carbocycles. The van der Waals surface area contributed by atoms with Gasteiger partial charge in [-0.25, -0.2) is 0 Å². The molecule has 1 saturated heterocycles. The van der Waals surface area contributed by atoms with Gasteiger partial charge in [-0.05, 0) is 19.1 Å². The molecule has 1 amide bonds. The van der Waals surface area contributed by atoms with E-state index in [4.69, 9.17) is 10.00 Å². The molecular formula is C14H14N2O3. The van der Waals surface area contributed by atoms with E-state index in [9.17, 15) is 9.59 Å². The molecule has 1 heterocycles. The van der Waals surface area contributed by atoms with E-state index in [2.05, 4.69) is 6.07 Å². The maximum absolute atomic E-state index is 12.3. The van der Waals surface area contributed by atoms with Crippen LogP contribution >= 0.6 is 0 Å².